The van der Waals surface area contributed by atoms with Crippen LogP contribution in [0.1, 0.15) is 5.56 Å². The van der Waals surface area contributed by atoms with Crippen LogP contribution in [0.4, 0.5) is 5.82 Å². The molecule has 0 bridgehead atoms. The summed E-state index contributed by atoms with van der Waals surface area (Å²) in [6.45, 7) is 0.472. The van der Waals surface area contributed by atoms with Crippen molar-refractivity contribution in [3.05, 3.63) is 30.0 Å². The SMILES string of the molecule is CO.NCc1cnc2ccc(N)nc2c1. The van der Waals surface area contributed by atoms with Gasteiger partial charge in [0.25, 0.3) is 0 Å². The van der Waals surface area contributed by atoms with Crippen molar-refractivity contribution in [3.63, 3.8) is 0 Å². The Morgan fingerprint density at radius 1 is 1.27 bits per heavy atom. The number of rotatable bonds is 1. The third-order valence-corrected chi connectivity index (χ3v) is 1.85. The number of hydrogen-bond donors (Lipinski definition) is 3. The summed E-state index contributed by atoms with van der Waals surface area (Å²) in [5, 5.41) is 7.00. The molecule has 0 aliphatic rings. The summed E-state index contributed by atoms with van der Waals surface area (Å²) in [4.78, 5) is 8.34. The lowest BCUT2D eigenvalue weighted by molar-refractivity contribution is 0.399. The highest BCUT2D eigenvalue weighted by atomic mass is 16.2. The molecule has 2 rings (SSSR count). The Labute approximate surface area is 87.8 Å². The van der Waals surface area contributed by atoms with Gasteiger partial charge in [0.05, 0.1) is 11.0 Å². The van der Waals surface area contributed by atoms with Gasteiger partial charge in [0, 0.05) is 19.9 Å². The van der Waals surface area contributed by atoms with Crippen LogP contribution in [-0.4, -0.2) is 22.2 Å². The zero-order valence-corrected chi connectivity index (χ0v) is 8.51. The summed E-state index contributed by atoms with van der Waals surface area (Å²) in [7, 11) is 1.00. The van der Waals surface area contributed by atoms with Gasteiger partial charge in [0.1, 0.15) is 5.82 Å². The Hall–Kier alpha value is -1.72. The van der Waals surface area contributed by atoms with E-state index in [1.165, 1.54) is 0 Å². The normalized spacial score (nSPS) is 9.53. The van der Waals surface area contributed by atoms with Gasteiger partial charge < -0.3 is 16.6 Å². The third kappa shape index (κ3) is 2.61. The molecule has 2 heterocycles. The molecule has 0 unspecified atom stereocenters. The molecule has 0 saturated carbocycles. The minimum Gasteiger partial charge on any atom is -0.400 e. The van der Waals surface area contributed by atoms with Gasteiger partial charge in [-0.2, -0.15) is 0 Å². The molecule has 2 aromatic rings. The van der Waals surface area contributed by atoms with E-state index >= 15 is 0 Å². The number of aromatic nitrogens is 2. The highest BCUT2D eigenvalue weighted by molar-refractivity contribution is 5.76. The number of nitrogens with zero attached hydrogens (tertiary/aromatic N) is 2. The summed E-state index contributed by atoms with van der Waals surface area (Å²) >= 11 is 0. The molecular formula is C10H14N4O. The number of anilines is 1. The van der Waals surface area contributed by atoms with Crippen LogP contribution in [0.2, 0.25) is 0 Å². The quantitative estimate of drug-likeness (QED) is 0.622. The van der Waals surface area contributed by atoms with Gasteiger partial charge >= 0.3 is 0 Å². The maximum atomic E-state index is 7.00. The van der Waals surface area contributed by atoms with Gasteiger partial charge in [-0.1, -0.05) is 0 Å². The number of fused-ring (bicyclic) bond motifs is 1. The molecule has 0 radical (unpaired) electrons. The van der Waals surface area contributed by atoms with E-state index in [2.05, 4.69) is 9.97 Å². The van der Waals surface area contributed by atoms with Crippen LogP contribution >= 0.6 is 0 Å². The number of nitrogens with two attached hydrogens (primary N) is 2. The predicted octanol–water partition coefficient (Wildman–Crippen LogP) is 0.279. The molecule has 0 fully saturated rings. The molecule has 0 amide bonds. The van der Waals surface area contributed by atoms with Crippen LogP contribution in [0.15, 0.2) is 24.4 Å². The monoisotopic (exact) mass is 206 g/mol. The molecule has 0 saturated heterocycles. The topological polar surface area (TPSA) is 98.0 Å². The fourth-order valence-corrected chi connectivity index (χ4v) is 1.18. The summed E-state index contributed by atoms with van der Waals surface area (Å²) in [5.41, 5.74) is 13.6. The summed E-state index contributed by atoms with van der Waals surface area (Å²) < 4.78 is 0. The lowest BCUT2D eigenvalue weighted by Gasteiger charge is -2.00. The first-order valence-corrected chi connectivity index (χ1v) is 4.45. The second-order valence-electron chi connectivity index (χ2n) is 2.82. The Morgan fingerprint density at radius 2 is 2.00 bits per heavy atom. The van der Waals surface area contributed by atoms with Crippen molar-refractivity contribution in [2.75, 3.05) is 12.8 Å². The molecule has 5 heteroatoms. The van der Waals surface area contributed by atoms with Crippen molar-refractivity contribution in [2.45, 2.75) is 6.54 Å². The second-order valence-corrected chi connectivity index (χ2v) is 2.82. The number of aliphatic hydroxyl groups excluding tert-OH is 1. The first-order chi connectivity index (χ1) is 7.29. The number of hydrogen-bond acceptors (Lipinski definition) is 5. The zero-order valence-electron chi connectivity index (χ0n) is 8.51. The summed E-state index contributed by atoms with van der Waals surface area (Å²) in [6.07, 6.45) is 1.75. The van der Waals surface area contributed by atoms with E-state index in [-0.39, 0.29) is 0 Å². The van der Waals surface area contributed by atoms with Crippen LogP contribution in [0.5, 0.6) is 0 Å². The van der Waals surface area contributed by atoms with Crippen molar-refractivity contribution in [1.29, 1.82) is 0 Å². The second kappa shape index (κ2) is 5.23. The number of nitrogen functional groups attached to an aromatic ring is 1. The highest BCUT2D eigenvalue weighted by Crippen LogP contribution is 2.12. The Bertz CT molecular complexity index is 444. The van der Waals surface area contributed by atoms with Crippen LogP contribution in [0.25, 0.3) is 11.0 Å². The van der Waals surface area contributed by atoms with Crippen LogP contribution < -0.4 is 11.5 Å². The van der Waals surface area contributed by atoms with Crippen molar-refractivity contribution in [1.82, 2.24) is 9.97 Å². The Balaban J connectivity index is 0.000000531. The van der Waals surface area contributed by atoms with E-state index in [1.807, 2.05) is 12.1 Å². The molecule has 0 aromatic carbocycles. The van der Waals surface area contributed by atoms with Crippen LogP contribution in [0, 0.1) is 0 Å². The number of pyridine rings is 2. The largest absolute Gasteiger partial charge is 0.400 e. The van der Waals surface area contributed by atoms with Gasteiger partial charge in [-0.15, -0.1) is 0 Å². The maximum Gasteiger partial charge on any atom is 0.124 e. The molecule has 5 nitrogen and oxygen atoms in total. The smallest absolute Gasteiger partial charge is 0.124 e. The minimum atomic E-state index is 0.472. The highest BCUT2D eigenvalue weighted by Gasteiger charge is 1.97. The van der Waals surface area contributed by atoms with Gasteiger partial charge in [0.2, 0.25) is 0 Å². The van der Waals surface area contributed by atoms with E-state index in [0.29, 0.717) is 12.4 Å². The maximum absolute atomic E-state index is 7.00. The Kier molecular flexibility index (Phi) is 3.96. The summed E-state index contributed by atoms with van der Waals surface area (Å²) in [5.74, 6) is 0.503. The van der Waals surface area contributed by atoms with Gasteiger partial charge in [-0.3, -0.25) is 4.98 Å². The molecule has 5 N–H and O–H groups in total. The fourth-order valence-electron chi connectivity index (χ4n) is 1.18. The molecular weight excluding hydrogens is 192 g/mol. The lowest BCUT2D eigenvalue weighted by Crippen LogP contribution is -1.98. The first-order valence-electron chi connectivity index (χ1n) is 4.45. The molecule has 15 heavy (non-hydrogen) atoms. The lowest BCUT2D eigenvalue weighted by atomic mass is 10.2. The molecule has 0 atom stereocenters. The zero-order chi connectivity index (χ0) is 11.3. The number of aliphatic hydroxyl groups is 1. The van der Waals surface area contributed by atoms with Crippen molar-refractivity contribution in [2.24, 2.45) is 5.73 Å². The van der Waals surface area contributed by atoms with E-state index in [1.54, 1.807) is 12.3 Å². The first kappa shape index (κ1) is 11.4. The van der Waals surface area contributed by atoms with E-state index < -0.39 is 0 Å². The molecule has 0 spiro atoms. The van der Waals surface area contributed by atoms with Crippen LogP contribution in [-0.2, 0) is 6.54 Å². The van der Waals surface area contributed by atoms with Gasteiger partial charge in [-0.05, 0) is 23.8 Å². The molecule has 80 valence electrons. The van der Waals surface area contributed by atoms with Crippen molar-refractivity contribution in [3.8, 4) is 0 Å². The average molecular weight is 206 g/mol. The third-order valence-electron chi connectivity index (χ3n) is 1.85. The average Bonchev–Trinajstić information content (AvgIpc) is 2.30. The Morgan fingerprint density at radius 3 is 2.67 bits per heavy atom. The van der Waals surface area contributed by atoms with E-state index in [0.717, 1.165) is 23.7 Å². The summed E-state index contributed by atoms with van der Waals surface area (Å²) in [6, 6.07) is 5.48. The molecule has 2 aromatic heterocycles. The predicted molar refractivity (Wildman–Crippen MR) is 60.0 cm³/mol. The fraction of sp³-hybridized carbons (Fsp3) is 0.200. The van der Waals surface area contributed by atoms with Gasteiger partial charge in [-0.25, -0.2) is 4.98 Å². The minimum absolute atomic E-state index is 0.472. The van der Waals surface area contributed by atoms with Crippen molar-refractivity contribution >= 4 is 16.9 Å². The van der Waals surface area contributed by atoms with E-state index in [9.17, 15) is 0 Å². The standard InChI is InChI=1S/C9H10N4.CH4O/c10-4-6-3-8-7(12-5-6)1-2-9(11)13-8;1-2/h1-3,5H,4,10H2,(H2,11,13);2H,1H3. The molecule has 0 aliphatic heterocycles. The van der Waals surface area contributed by atoms with Gasteiger partial charge in [0.15, 0.2) is 0 Å². The molecule has 0 aliphatic carbocycles. The van der Waals surface area contributed by atoms with E-state index in [4.69, 9.17) is 16.6 Å². The van der Waals surface area contributed by atoms with Crippen LogP contribution in [0.3, 0.4) is 0 Å². The van der Waals surface area contributed by atoms with Crippen molar-refractivity contribution < 1.29 is 5.11 Å².